The normalized spacial score (nSPS) is 19.8. The molecule has 41 heavy (non-hydrogen) atoms. The summed E-state index contributed by atoms with van der Waals surface area (Å²) in [6.45, 7) is 11.5. The number of hydrogen-bond donors (Lipinski definition) is 1. The molecule has 7 rings (SSSR count). The highest BCUT2D eigenvalue weighted by Crippen LogP contribution is 2.30. The number of nitrogen functional groups attached to an aromatic ring is 1. The third-order valence-electron chi connectivity index (χ3n) is 8.12. The van der Waals surface area contributed by atoms with Crippen molar-refractivity contribution in [3.05, 3.63) is 62.2 Å². The second-order valence-electron chi connectivity index (χ2n) is 11.2. The standard InChI is InChI=1S/C29H35N9OS2/c1-19-5-9-23(40-19)17-35(18-24-10-6-20(2)41-24)14-21-7-8-22-16-37(12-11-36(22)15-21)28-32-27(30)38-29(33-28)31-26(34-38)25-4-3-13-39-25/h3-6,9-10,13,21-22H,7-8,11-12,14-18H2,1-2H3,(H2,30,31,32,33,34). The van der Waals surface area contributed by atoms with Crippen molar-refractivity contribution in [1.82, 2.24) is 34.4 Å². The first kappa shape index (κ1) is 26.6. The largest absolute Gasteiger partial charge is 0.461 e. The molecule has 0 spiro atoms. The van der Waals surface area contributed by atoms with Crippen LogP contribution in [-0.4, -0.2) is 73.1 Å². The lowest BCUT2D eigenvalue weighted by Gasteiger charge is -2.47. The van der Waals surface area contributed by atoms with Gasteiger partial charge in [-0.2, -0.15) is 19.5 Å². The van der Waals surface area contributed by atoms with Crippen molar-refractivity contribution in [1.29, 1.82) is 0 Å². The molecule has 0 amide bonds. The Bertz CT molecular complexity index is 1580. The molecule has 0 aliphatic carbocycles. The zero-order valence-corrected chi connectivity index (χ0v) is 25.1. The number of aromatic nitrogens is 5. The quantitative estimate of drug-likeness (QED) is 0.276. The number of thiophene rings is 2. The molecule has 2 N–H and O–H groups in total. The lowest BCUT2D eigenvalue weighted by Crippen LogP contribution is -2.57. The van der Waals surface area contributed by atoms with Crippen molar-refractivity contribution in [2.75, 3.05) is 43.4 Å². The Morgan fingerprint density at radius 2 is 1.73 bits per heavy atom. The maximum atomic E-state index is 6.28. The average molecular weight is 590 g/mol. The van der Waals surface area contributed by atoms with Crippen LogP contribution in [0.15, 0.2) is 47.1 Å². The van der Waals surface area contributed by atoms with Crippen molar-refractivity contribution in [2.45, 2.75) is 45.8 Å². The smallest absolute Gasteiger partial charge is 0.259 e. The molecule has 5 aromatic rings. The molecule has 214 valence electrons. The van der Waals surface area contributed by atoms with E-state index in [1.165, 1.54) is 36.9 Å². The van der Waals surface area contributed by atoms with Gasteiger partial charge in [0.15, 0.2) is 5.76 Å². The van der Waals surface area contributed by atoms with Crippen LogP contribution in [0.25, 0.3) is 17.4 Å². The minimum atomic E-state index is 0.281. The van der Waals surface area contributed by atoms with Gasteiger partial charge in [0.25, 0.3) is 5.78 Å². The fourth-order valence-electron chi connectivity index (χ4n) is 6.17. The maximum absolute atomic E-state index is 6.28. The molecule has 7 heterocycles. The van der Waals surface area contributed by atoms with Crippen LogP contribution in [-0.2, 0) is 13.1 Å². The van der Waals surface area contributed by atoms with Gasteiger partial charge in [-0.05, 0) is 69.0 Å². The number of fused-ring (bicyclic) bond motifs is 2. The van der Waals surface area contributed by atoms with Crippen molar-refractivity contribution in [3.63, 3.8) is 0 Å². The number of hydrogen-bond acceptors (Lipinski definition) is 11. The zero-order valence-electron chi connectivity index (χ0n) is 23.4. The molecular formula is C29H35N9OS2. The lowest BCUT2D eigenvalue weighted by atomic mass is 9.90. The second-order valence-corrected chi connectivity index (χ2v) is 14.0. The van der Waals surface area contributed by atoms with E-state index < -0.39 is 0 Å². The Balaban J connectivity index is 1.01. The van der Waals surface area contributed by atoms with Crippen molar-refractivity contribution < 1.29 is 4.42 Å². The Morgan fingerprint density at radius 1 is 0.951 bits per heavy atom. The van der Waals surface area contributed by atoms with E-state index in [0.29, 0.717) is 35.3 Å². The fourth-order valence-corrected chi connectivity index (χ4v) is 8.03. The van der Waals surface area contributed by atoms with Crippen LogP contribution in [0.5, 0.6) is 0 Å². The van der Waals surface area contributed by atoms with Gasteiger partial charge in [0.2, 0.25) is 17.7 Å². The molecule has 5 aromatic heterocycles. The van der Waals surface area contributed by atoms with Crippen molar-refractivity contribution in [3.8, 4) is 11.6 Å². The molecule has 0 aromatic carbocycles. The predicted octanol–water partition coefficient (Wildman–Crippen LogP) is 4.70. The summed E-state index contributed by atoms with van der Waals surface area (Å²) >= 11 is 3.85. The SMILES string of the molecule is Cc1ccc(CN(Cc2ccc(C)s2)CC2CCC3CN(c4nc(N)n5nc(-c6ccco6)nc5n4)CCN3C2)s1. The summed E-state index contributed by atoms with van der Waals surface area (Å²) in [5.41, 5.74) is 6.28. The van der Waals surface area contributed by atoms with Crippen molar-refractivity contribution >= 4 is 40.3 Å². The van der Waals surface area contributed by atoms with Crippen LogP contribution in [0.2, 0.25) is 0 Å². The molecule has 2 saturated heterocycles. The zero-order chi connectivity index (χ0) is 27.9. The van der Waals surface area contributed by atoms with Crippen LogP contribution in [0.1, 0.15) is 32.4 Å². The number of furan rings is 1. The molecule has 2 aliphatic heterocycles. The Kier molecular flexibility index (Phi) is 7.23. The van der Waals surface area contributed by atoms with Crippen LogP contribution in [0.4, 0.5) is 11.9 Å². The summed E-state index contributed by atoms with van der Waals surface area (Å²) in [4.78, 5) is 27.1. The van der Waals surface area contributed by atoms with E-state index >= 15 is 0 Å². The number of nitrogens with zero attached hydrogens (tertiary/aromatic N) is 8. The van der Waals surface area contributed by atoms with Gasteiger partial charge in [0.05, 0.1) is 6.26 Å². The van der Waals surface area contributed by atoms with Gasteiger partial charge in [-0.15, -0.1) is 27.8 Å². The third kappa shape index (κ3) is 5.74. The Hall–Kier alpha value is -3.32. The summed E-state index contributed by atoms with van der Waals surface area (Å²) in [5, 5.41) is 4.43. The van der Waals surface area contributed by atoms with Crippen LogP contribution < -0.4 is 10.6 Å². The highest BCUT2D eigenvalue weighted by Gasteiger charge is 2.34. The van der Waals surface area contributed by atoms with E-state index in [0.717, 1.165) is 45.8 Å². The number of piperidine rings is 1. The van der Waals surface area contributed by atoms with Gasteiger partial charge in [0.1, 0.15) is 0 Å². The highest BCUT2D eigenvalue weighted by atomic mass is 32.1. The molecule has 12 heteroatoms. The van der Waals surface area contributed by atoms with Crippen LogP contribution in [0, 0.1) is 19.8 Å². The molecule has 0 radical (unpaired) electrons. The van der Waals surface area contributed by atoms with Gasteiger partial charge in [0, 0.05) is 71.4 Å². The van der Waals surface area contributed by atoms with E-state index in [4.69, 9.17) is 15.1 Å². The highest BCUT2D eigenvalue weighted by molar-refractivity contribution is 7.12. The van der Waals surface area contributed by atoms with Crippen LogP contribution in [0.3, 0.4) is 0 Å². The van der Waals surface area contributed by atoms with Gasteiger partial charge in [-0.3, -0.25) is 9.80 Å². The summed E-state index contributed by atoms with van der Waals surface area (Å²) < 4.78 is 6.92. The summed E-state index contributed by atoms with van der Waals surface area (Å²) in [6, 6.07) is 13.2. The molecule has 0 bridgehead atoms. The summed E-state index contributed by atoms with van der Waals surface area (Å²) in [6.07, 6.45) is 4.01. The summed E-state index contributed by atoms with van der Waals surface area (Å²) in [7, 11) is 0. The second kappa shape index (κ2) is 11.2. The number of rotatable bonds is 8. The van der Waals surface area contributed by atoms with Crippen molar-refractivity contribution in [2.24, 2.45) is 5.92 Å². The lowest BCUT2D eigenvalue weighted by molar-refractivity contribution is 0.0727. The first-order valence-corrected chi connectivity index (χ1v) is 15.9. The summed E-state index contributed by atoms with van der Waals surface area (Å²) in [5.74, 6) is 3.04. The molecule has 2 fully saturated rings. The molecule has 0 saturated carbocycles. The Labute approximate surface area is 247 Å². The average Bonchev–Trinajstić information content (AvgIpc) is 3.77. The Morgan fingerprint density at radius 3 is 2.41 bits per heavy atom. The van der Waals surface area contributed by atoms with E-state index in [1.54, 1.807) is 6.26 Å². The monoisotopic (exact) mass is 589 g/mol. The number of aryl methyl sites for hydroxylation is 2. The van der Waals surface area contributed by atoms with Gasteiger partial charge in [-0.1, -0.05) is 0 Å². The molecule has 2 aliphatic rings. The third-order valence-corrected chi connectivity index (χ3v) is 10.1. The topological polar surface area (TPSA) is 105 Å². The van der Waals surface area contributed by atoms with Gasteiger partial charge in [-0.25, -0.2) is 0 Å². The fraction of sp³-hybridized carbons (Fsp3) is 0.448. The number of piperazine rings is 1. The molecule has 2 atom stereocenters. The van der Waals surface area contributed by atoms with Gasteiger partial charge < -0.3 is 15.1 Å². The minimum Gasteiger partial charge on any atom is -0.461 e. The van der Waals surface area contributed by atoms with E-state index in [1.807, 2.05) is 34.8 Å². The van der Waals surface area contributed by atoms with E-state index in [-0.39, 0.29) is 5.95 Å². The first-order valence-electron chi connectivity index (χ1n) is 14.2. The number of nitrogens with two attached hydrogens (primary N) is 1. The predicted molar refractivity (Wildman–Crippen MR) is 163 cm³/mol. The van der Waals surface area contributed by atoms with E-state index in [9.17, 15) is 0 Å². The molecule has 10 nitrogen and oxygen atoms in total. The van der Waals surface area contributed by atoms with Crippen LogP contribution >= 0.6 is 22.7 Å². The maximum Gasteiger partial charge on any atom is 0.259 e. The number of anilines is 2. The minimum absolute atomic E-state index is 0.281. The molecule has 2 unspecified atom stereocenters. The first-order chi connectivity index (χ1) is 20.0. The van der Waals surface area contributed by atoms with E-state index in [2.05, 4.69) is 67.9 Å². The molecular weight excluding hydrogens is 555 g/mol. The van der Waals surface area contributed by atoms with Gasteiger partial charge >= 0.3 is 0 Å².